The second-order valence-corrected chi connectivity index (χ2v) is 6.99. The first-order valence-corrected chi connectivity index (χ1v) is 8.83. The highest BCUT2D eigenvalue weighted by Crippen LogP contribution is 2.24. The Bertz CT molecular complexity index is 729. The number of nitrogens with one attached hydrogen (secondary N) is 1. The number of hydrogen-bond donors (Lipinski definition) is 1. The average molecular weight is 326 g/mol. The SMILES string of the molecule is CC(C)c1ccc(C(C)NCc2coc(-c3cccs3)n2)cc1. The fourth-order valence-corrected chi connectivity index (χ4v) is 3.10. The van der Waals surface area contributed by atoms with Gasteiger partial charge in [-0.15, -0.1) is 11.3 Å². The molecule has 120 valence electrons. The first-order valence-electron chi connectivity index (χ1n) is 7.95. The third-order valence-electron chi connectivity index (χ3n) is 3.98. The summed E-state index contributed by atoms with van der Waals surface area (Å²) in [7, 11) is 0. The van der Waals surface area contributed by atoms with Crippen LogP contribution in [0.5, 0.6) is 0 Å². The molecule has 0 saturated carbocycles. The van der Waals surface area contributed by atoms with Crippen molar-refractivity contribution in [3.05, 3.63) is 64.9 Å². The van der Waals surface area contributed by atoms with Crippen molar-refractivity contribution < 1.29 is 4.42 Å². The summed E-state index contributed by atoms with van der Waals surface area (Å²) in [5, 5.41) is 5.53. The highest BCUT2D eigenvalue weighted by molar-refractivity contribution is 7.13. The molecule has 1 unspecified atom stereocenters. The molecule has 3 aromatic rings. The van der Waals surface area contributed by atoms with Crippen LogP contribution in [0.25, 0.3) is 10.8 Å². The van der Waals surface area contributed by atoms with Gasteiger partial charge in [0.25, 0.3) is 0 Å². The molecule has 0 spiro atoms. The molecule has 0 fully saturated rings. The molecule has 0 saturated heterocycles. The van der Waals surface area contributed by atoms with Gasteiger partial charge in [0.15, 0.2) is 0 Å². The van der Waals surface area contributed by atoms with Gasteiger partial charge in [0.1, 0.15) is 6.26 Å². The molecule has 2 heterocycles. The summed E-state index contributed by atoms with van der Waals surface area (Å²) in [6.07, 6.45) is 1.73. The van der Waals surface area contributed by atoms with Gasteiger partial charge >= 0.3 is 0 Å². The molecule has 3 nitrogen and oxygen atoms in total. The standard InChI is InChI=1S/C19H22N2OS/c1-13(2)15-6-8-16(9-7-15)14(3)20-11-17-12-22-19(21-17)18-5-4-10-23-18/h4-10,12-14,20H,11H2,1-3H3. The average Bonchev–Trinajstić information content (AvgIpc) is 3.23. The lowest BCUT2D eigenvalue weighted by Crippen LogP contribution is -2.18. The van der Waals surface area contributed by atoms with Crippen LogP contribution in [0.15, 0.2) is 52.5 Å². The van der Waals surface area contributed by atoms with Crippen molar-refractivity contribution in [2.24, 2.45) is 0 Å². The minimum Gasteiger partial charge on any atom is -0.444 e. The minimum absolute atomic E-state index is 0.276. The molecular weight excluding hydrogens is 304 g/mol. The van der Waals surface area contributed by atoms with Gasteiger partial charge in [-0.25, -0.2) is 4.98 Å². The smallest absolute Gasteiger partial charge is 0.236 e. The van der Waals surface area contributed by atoms with Gasteiger partial charge in [-0.3, -0.25) is 0 Å². The Hall–Kier alpha value is -1.91. The van der Waals surface area contributed by atoms with Crippen molar-refractivity contribution in [1.29, 1.82) is 0 Å². The Balaban J connectivity index is 1.59. The van der Waals surface area contributed by atoms with E-state index in [-0.39, 0.29) is 6.04 Å². The van der Waals surface area contributed by atoms with Crippen LogP contribution in [0.2, 0.25) is 0 Å². The quantitative estimate of drug-likeness (QED) is 0.661. The highest BCUT2D eigenvalue weighted by atomic mass is 32.1. The second kappa shape index (κ2) is 7.11. The van der Waals surface area contributed by atoms with E-state index < -0.39 is 0 Å². The van der Waals surface area contributed by atoms with E-state index in [2.05, 4.69) is 55.3 Å². The second-order valence-electron chi connectivity index (χ2n) is 6.05. The third-order valence-corrected chi connectivity index (χ3v) is 4.83. The van der Waals surface area contributed by atoms with E-state index in [0.29, 0.717) is 18.4 Å². The number of nitrogens with zero attached hydrogens (tertiary/aromatic N) is 1. The van der Waals surface area contributed by atoms with Crippen molar-refractivity contribution >= 4 is 11.3 Å². The third kappa shape index (κ3) is 3.89. The molecule has 23 heavy (non-hydrogen) atoms. The van der Waals surface area contributed by atoms with Crippen molar-refractivity contribution in [3.8, 4) is 10.8 Å². The Kier molecular flexibility index (Phi) is 4.94. The molecule has 0 bridgehead atoms. The van der Waals surface area contributed by atoms with Crippen molar-refractivity contribution in [1.82, 2.24) is 10.3 Å². The zero-order valence-corrected chi connectivity index (χ0v) is 14.6. The van der Waals surface area contributed by atoms with Crippen LogP contribution in [-0.4, -0.2) is 4.98 Å². The van der Waals surface area contributed by atoms with Crippen LogP contribution in [0, 0.1) is 0 Å². The van der Waals surface area contributed by atoms with Gasteiger partial charge in [0.05, 0.1) is 10.6 Å². The highest BCUT2D eigenvalue weighted by Gasteiger charge is 2.10. The van der Waals surface area contributed by atoms with Crippen molar-refractivity contribution in [3.63, 3.8) is 0 Å². The summed E-state index contributed by atoms with van der Waals surface area (Å²) in [5.41, 5.74) is 3.59. The van der Waals surface area contributed by atoms with E-state index in [9.17, 15) is 0 Å². The molecule has 1 atom stereocenters. The van der Waals surface area contributed by atoms with Crippen molar-refractivity contribution in [2.75, 3.05) is 0 Å². The molecule has 0 aliphatic carbocycles. The number of thiophene rings is 1. The molecule has 1 aromatic carbocycles. The van der Waals surface area contributed by atoms with Gasteiger partial charge in [0, 0.05) is 12.6 Å². The molecular formula is C19H22N2OS. The largest absolute Gasteiger partial charge is 0.444 e. The topological polar surface area (TPSA) is 38.1 Å². The van der Waals surface area contributed by atoms with E-state index in [1.54, 1.807) is 17.6 Å². The summed E-state index contributed by atoms with van der Waals surface area (Å²) in [6, 6.07) is 13.1. The van der Waals surface area contributed by atoms with E-state index >= 15 is 0 Å². The Morgan fingerprint density at radius 2 is 1.83 bits per heavy atom. The van der Waals surface area contributed by atoms with Crippen molar-refractivity contribution in [2.45, 2.75) is 39.3 Å². The van der Waals surface area contributed by atoms with Gasteiger partial charge < -0.3 is 9.73 Å². The number of oxazole rings is 1. The van der Waals surface area contributed by atoms with Gasteiger partial charge in [-0.05, 0) is 35.4 Å². The van der Waals surface area contributed by atoms with E-state index in [1.165, 1.54) is 11.1 Å². The molecule has 0 radical (unpaired) electrons. The fourth-order valence-electron chi connectivity index (χ4n) is 2.45. The lowest BCUT2D eigenvalue weighted by molar-refractivity contribution is 0.554. The molecule has 1 N–H and O–H groups in total. The summed E-state index contributed by atoms with van der Waals surface area (Å²) in [6.45, 7) is 7.30. The lowest BCUT2D eigenvalue weighted by atomic mass is 9.99. The lowest BCUT2D eigenvalue weighted by Gasteiger charge is -2.14. The summed E-state index contributed by atoms with van der Waals surface area (Å²) in [5.74, 6) is 1.27. The normalized spacial score (nSPS) is 12.7. The Morgan fingerprint density at radius 3 is 2.48 bits per heavy atom. The predicted octanol–water partition coefficient (Wildman–Crippen LogP) is 5.38. The summed E-state index contributed by atoms with van der Waals surface area (Å²) >= 11 is 1.64. The number of benzene rings is 1. The van der Waals surface area contributed by atoms with Crippen LogP contribution < -0.4 is 5.32 Å². The van der Waals surface area contributed by atoms with Gasteiger partial charge in [-0.2, -0.15) is 0 Å². The minimum atomic E-state index is 0.276. The Morgan fingerprint density at radius 1 is 1.09 bits per heavy atom. The molecule has 2 aromatic heterocycles. The van der Waals surface area contributed by atoms with Crippen LogP contribution >= 0.6 is 11.3 Å². The maximum Gasteiger partial charge on any atom is 0.236 e. The maximum absolute atomic E-state index is 5.55. The molecule has 0 aliphatic heterocycles. The number of rotatable bonds is 6. The van der Waals surface area contributed by atoms with Gasteiger partial charge in [-0.1, -0.05) is 44.2 Å². The molecule has 3 rings (SSSR count). The molecule has 0 amide bonds. The first kappa shape index (κ1) is 16.0. The van der Waals surface area contributed by atoms with E-state index in [1.807, 2.05) is 17.5 Å². The predicted molar refractivity (Wildman–Crippen MR) is 95.6 cm³/mol. The zero-order valence-electron chi connectivity index (χ0n) is 13.7. The first-order chi connectivity index (χ1) is 11.1. The number of aromatic nitrogens is 1. The van der Waals surface area contributed by atoms with Crippen LogP contribution in [0.1, 0.15) is 49.6 Å². The van der Waals surface area contributed by atoms with Crippen LogP contribution in [-0.2, 0) is 6.54 Å². The monoisotopic (exact) mass is 326 g/mol. The zero-order chi connectivity index (χ0) is 16.2. The van der Waals surface area contributed by atoms with Crippen LogP contribution in [0.3, 0.4) is 0 Å². The molecule has 4 heteroatoms. The van der Waals surface area contributed by atoms with E-state index in [4.69, 9.17) is 4.42 Å². The van der Waals surface area contributed by atoms with Gasteiger partial charge in [0.2, 0.25) is 5.89 Å². The fraction of sp³-hybridized carbons (Fsp3) is 0.316. The van der Waals surface area contributed by atoms with Crippen LogP contribution in [0.4, 0.5) is 0 Å². The van der Waals surface area contributed by atoms with E-state index in [0.717, 1.165) is 10.6 Å². The maximum atomic E-state index is 5.55. The number of hydrogen-bond acceptors (Lipinski definition) is 4. The summed E-state index contributed by atoms with van der Waals surface area (Å²) in [4.78, 5) is 5.60. The molecule has 0 aliphatic rings. The summed E-state index contributed by atoms with van der Waals surface area (Å²) < 4.78 is 5.55. The Labute approximate surface area is 141 Å².